The molecule has 3 aromatic heterocycles. The topological polar surface area (TPSA) is 42.7 Å². The van der Waals surface area contributed by atoms with Crippen molar-refractivity contribution in [3.05, 3.63) is 34.5 Å². The third kappa shape index (κ3) is 2.43. The molecule has 0 aromatic carbocycles. The molecule has 1 N–H and O–H groups in total. The summed E-state index contributed by atoms with van der Waals surface area (Å²) in [5, 5.41) is 9.77. The molecule has 4 nitrogen and oxygen atoms in total. The van der Waals surface area contributed by atoms with Crippen molar-refractivity contribution < 1.29 is 0 Å². The van der Waals surface area contributed by atoms with Gasteiger partial charge >= 0.3 is 0 Å². The van der Waals surface area contributed by atoms with Gasteiger partial charge < -0.3 is 5.32 Å². The number of nitrogens with one attached hydrogen (secondary N) is 1. The fourth-order valence-corrected chi connectivity index (χ4v) is 4.42. The first-order valence-corrected chi connectivity index (χ1v) is 8.02. The van der Waals surface area contributed by atoms with Gasteiger partial charge in [-0.05, 0) is 31.5 Å². The number of aryl methyl sites for hydroxylation is 1. The Balaban J connectivity index is 1.86. The lowest BCUT2D eigenvalue weighted by Gasteiger charge is -2.14. The van der Waals surface area contributed by atoms with Crippen molar-refractivity contribution in [2.24, 2.45) is 0 Å². The van der Waals surface area contributed by atoms with Crippen LogP contribution < -0.4 is 5.32 Å². The first-order valence-electron chi connectivity index (χ1n) is 6.32. The molecule has 6 heteroatoms. The highest BCUT2D eigenvalue weighted by molar-refractivity contribution is 7.26. The summed E-state index contributed by atoms with van der Waals surface area (Å²) in [6, 6.07) is 4.78. The molecule has 0 saturated heterocycles. The number of rotatable bonds is 5. The van der Waals surface area contributed by atoms with Gasteiger partial charge in [0.1, 0.15) is 12.2 Å². The van der Waals surface area contributed by atoms with Crippen LogP contribution in [0.1, 0.15) is 23.7 Å². The predicted octanol–water partition coefficient (Wildman–Crippen LogP) is 3.08. The van der Waals surface area contributed by atoms with Gasteiger partial charge in [-0.1, -0.05) is 0 Å². The van der Waals surface area contributed by atoms with Gasteiger partial charge in [0.15, 0.2) is 0 Å². The Morgan fingerprint density at radius 2 is 2.32 bits per heavy atom. The molecular formula is C13H16N4S2. The zero-order valence-corrected chi connectivity index (χ0v) is 12.6. The number of aromatic nitrogens is 3. The van der Waals surface area contributed by atoms with Crippen LogP contribution in [-0.2, 0) is 13.0 Å². The molecular weight excluding hydrogens is 276 g/mol. The van der Waals surface area contributed by atoms with Crippen molar-refractivity contribution in [1.29, 1.82) is 0 Å². The number of likely N-dealkylation sites (N-methyl/N-ethyl adjacent to an activating group) is 1. The molecule has 0 radical (unpaired) electrons. The van der Waals surface area contributed by atoms with E-state index in [0.717, 1.165) is 18.8 Å². The number of hydrogen-bond acceptors (Lipinski definition) is 5. The molecule has 0 fully saturated rings. The van der Waals surface area contributed by atoms with Crippen molar-refractivity contribution in [1.82, 2.24) is 20.1 Å². The van der Waals surface area contributed by atoms with Gasteiger partial charge in [0.25, 0.3) is 0 Å². The molecule has 3 aromatic rings. The second kappa shape index (κ2) is 5.40. The Hall–Kier alpha value is -1.24. The molecule has 0 amide bonds. The van der Waals surface area contributed by atoms with Gasteiger partial charge in [-0.25, -0.2) is 4.98 Å². The van der Waals surface area contributed by atoms with E-state index in [4.69, 9.17) is 0 Å². The summed E-state index contributed by atoms with van der Waals surface area (Å²) < 4.78 is 4.70. The summed E-state index contributed by atoms with van der Waals surface area (Å²) in [5.74, 6) is 1.04. The molecule has 3 heterocycles. The first kappa shape index (κ1) is 12.8. The quantitative estimate of drug-likeness (QED) is 0.786. The van der Waals surface area contributed by atoms with Crippen LogP contribution in [-0.4, -0.2) is 21.8 Å². The normalized spacial score (nSPS) is 13.2. The summed E-state index contributed by atoms with van der Waals surface area (Å²) in [6.45, 7) is 2.96. The zero-order chi connectivity index (χ0) is 13.2. The van der Waals surface area contributed by atoms with E-state index in [2.05, 4.69) is 39.8 Å². The van der Waals surface area contributed by atoms with E-state index in [1.165, 1.54) is 14.3 Å². The summed E-state index contributed by atoms with van der Waals surface area (Å²) in [5.41, 5.74) is 0. The zero-order valence-electron chi connectivity index (χ0n) is 11.0. The summed E-state index contributed by atoms with van der Waals surface area (Å²) in [4.78, 5) is 5.73. The van der Waals surface area contributed by atoms with Crippen LogP contribution >= 0.6 is 22.7 Å². The van der Waals surface area contributed by atoms with E-state index in [1.807, 2.05) is 23.1 Å². The average Bonchev–Trinajstić information content (AvgIpc) is 3.10. The maximum atomic E-state index is 4.36. The lowest BCUT2D eigenvalue weighted by Crippen LogP contribution is -2.20. The van der Waals surface area contributed by atoms with E-state index in [0.29, 0.717) is 6.04 Å². The molecule has 0 saturated carbocycles. The van der Waals surface area contributed by atoms with Crippen molar-refractivity contribution in [2.45, 2.75) is 25.9 Å². The fraction of sp³-hybridized carbons (Fsp3) is 0.385. The highest BCUT2D eigenvalue weighted by Crippen LogP contribution is 2.34. The van der Waals surface area contributed by atoms with Gasteiger partial charge in [-0.2, -0.15) is 5.10 Å². The minimum atomic E-state index is 0.305. The van der Waals surface area contributed by atoms with Crippen LogP contribution in [0, 0.1) is 0 Å². The smallest absolute Gasteiger partial charge is 0.138 e. The Labute approximate surface area is 120 Å². The van der Waals surface area contributed by atoms with Gasteiger partial charge in [0.05, 0.1) is 0 Å². The van der Waals surface area contributed by atoms with Crippen molar-refractivity contribution in [2.75, 3.05) is 7.05 Å². The minimum absolute atomic E-state index is 0.305. The van der Waals surface area contributed by atoms with Crippen molar-refractivity contribution in [3.8, 4) is 0 Å². The van der Waals surface area contributed by atoms with Gasteiger partial charge in [0, 0.05) is 33.3 Å². The molecule has 0 aliphatic carbocycles. The first-order chi connectivity index (χ1) is 9.31. The monoisotopic (exact) mass is 292 g/mol. The van der Waals surface area contributed by atoms with Crippen LogP contribution in [0.2, 0.25) is 0 Å². The van der Waals surface area contributed by atoms with Crippen LogP contribution in [0.5, 0.6) is 0 Å². The Kier molecular flexibility index (Phi) is 3.63. The maximum Gasteiger partial charge on any atom is 0.138 e. The van der Waals surface area contributed by atoms with E-state index in [1.54, 1.807) is 17.7 Å². The molecule has 100 valence electrons. The van der Waals surface area contributed by atoms with E-state index < -0.39 is 0 Å². The number of nitrogens with zero attached hydrogens (tertiary/aromatic N) is 3. The van der Waals surface area contributed by atoms with Gasteiger partial charge in [-0.3, -0.25) is 4.68 Å². The molecule has 1 unspecified atom stereocenters. The highest BCUT2D eigenvalue weighted by atomic mass is 32.1. The fourth-order valence-electron chi connectivity index (χ4n) is 2.19. The Morgan fingerprint density at radius 3 is 3.05 bits per heavy atom. The summed E-state index contributed by atoms with van der Waals surface area (Å²) in [6.07, 6.45) is 2.51. The average molecular weight is 292 g/mol. The number of hydrogen-bond donors (Lipinski definition) is 1. The van der Waals surface area contributed by atoms with E-state index in [-0.39, 0.29) is 0 Å². The SMILES string of the molecule is CCn1ncnc1CC(NC)c1cc2sccc2s1. The largest absolute Gasteiger partial charge is 0.312 e. The summed E-state index contributed by atoms with van der Waals surface area (Å²) in [7, 11) is 2.01. The summed E-state index contributed by atoms with van der Waals surface area (Å²) >= 11 is 3.66. The molecule has 0 aliphatic rings. The van der Waals surface area contributed by atoms with Gasteiger partial charge in [-0.15, -0.1) is 22.7 Å². The number of fused-ring (bicyclic) bond motifs is 1. The lowest BCUT2D eigenvalue weighted by molar-refractivity contribution is 0.539. The minimum Gasteiger partial charge on any atom is -0.312 e. The van der Waals surface area contributed by atoms with Crippen LogP contribution in [0.15, 0.2) is 23.8 Å². The molecule has 19 heavy (non-hydrogen) atoms. The molecule has 1 atom stereocenters. The molecule has 0 aliphatic heterocycles. The molecule has 3 rings (SSSR count). The van der Waals surface area contributed by atoms with Crippen LogP contribution in [0.4, 0.5) is 0 Å². The second-order valence-electron chi connectivity index (χ2n) is 4.34. The molecule has 0 bridgehead atoms. The van der Waals surface area contributed by atoms with E-state index >= 15 is 0 Å². The predicted molar refractivity (Wildman–Crippen MR) is 80.9 cm³/mol. The highest BCUT2D eigenvalue weighted by Gasteiger charge is 2.16. The standard InChI is InChI=1S/C13H16N4S2/c1-3-17-13(15-8-16-17)6-9(14-2)11-7-12-10(19-11)4-5-18-12/h4-5,7-9,14H,3,6H2,1-2H3. The van der Waals surface area contributed by atoms with Crippen molar-refractivity contribution in [3.63, 3.8) is 0 Å². The molecule has 0 spiro atoms. The van der Waals surface area contributed by atoms with E-state index in [9.17, 15) is 0 Å². The Morgan fingerprint density at radius 1 is 1.42 bits per heavy atom. The van der Waals surface area contributed by atoms with Crippen LogP contribution in [0.3, 0.4) is 0 Å². The Bertz CT molecular complexity index is 638. The van der Waals surface area contributed by atoms with Gasteiger partial charge in [0.2, 0.25) is 0 Å². The lowest BCUT2D eigenvalue weighted by atomic mass is 10.1. The van der Waals surface area contributed by atoms with Crippen molar-refractivity contribution >= 4 is 32.1 Å². The van der Waals surface area contributed by atoms with Crippen LogP contribution in [0.25, 0.3) is 9.40 Å². The second-order valence-corrected chi connectivity index (χ2v) is 6.40. The number of thiophene rings is 2. The third-order valence-electron chi connectivity index (χ3n) is 3.23. The third-order valence-corrected chi connectivity index (χ3v) is 5.44. The maximum absolute atomic E-state index is 4.36.